The Bertz CT molecular complexity index is 453. The summed E-state index contributed by atoms with van der Waals surface area (Å²) in [6.45, 7) is 3.76. The van der Waals surface area contributed by atoms with Crippen molar-refractivity contribution in [2.24, 2.45) is 0 Å². The van der Waals surface area contributed by atoms with Crippen LogP contribution in [0.2, 0.25) is 0 Å². The van der Waals surface area contributed by atoms with Gasteiger partial charge in [-0.15, -0.1) is 0 Å². The highest BCUT2D eigenvalue weighted by Crippen LogP contribution is 2.21. The van der Waals surface area contributed by atoms with Crippen LogP contribution in [-0.4, -0.2) is 70.9 Å². The first kappa shape index (κ1) is 15.3. The minimum Gasteiger partial charge on any atom is -0.336 e. The molecule has 3 nitrogen and oxygen atoms in total. The zero-order chi connectivity index (χ0) is 14.5. The Labute approximate surface area is 135 Å². The van der Waals surface area contributed by atoms with Crippen molar-refractivity contribution in [3.63, 3.8) is 0 Å². The van der Waals surface area contributed by atoms with Gasteiger partial charge in [-0.25, -0.2) is 0 Å². The Morgan fingerprint density at radius 1 is 0.952 bits per heavy atom. The SMILES string of the molecule is O=C(c1ccccc1)N1CCN(C2CSCCSC2)CC1. The van der Waals surface area contributed by atoms with Crippen LogP contribution in [0.15, 0.2) is 30.3 Å². The Morgan fingerprint density at radius 2 is 1.57 bits per heavy atom. The third kappa shape index (κ3) is 3.96. The lowest BCUT2D eigenvalue weighted by atomic mass is 10.1. The molecule has 3 rings (SSSR count). The number of amides is 1. The van der Waals surface area contributed by atoms with Crippen LogP contribution in [0.4, 0.5) is 0 Å². The molecule has 0 atom stereocenters. The van der Waals surface area contributed by atoms with Gasteiger partial charge in [0.05, 0.1) is 0 Å². The first-order chi connectivity index (χ1) is 10.3. The van der Waals surface area contributed by atoms with Gasteiger partial charge >= 0.3 is 0 Å². The number of piperazine rings is 1. The molecule has 2 fully saturated rings. The normalized spacial score (nSPS) is 22.0. The molecule has 0 bridgehead atoms. The van der Waals surface area contributed by atoms with E-state index < -0.39 is 0 Å². The van der Waals surface area contributed by atoms with Gasteiger partial charge in [-0.05, 0) is 12.1 Å². The molecule has 21 heavy (non-hydrogen) atoms. The monoisotopic (exact) mass is 322 g/mol. The fourth-order valence-corrected chi connectivity index (χ4v) is 5.50. The number of nitrogens with zero attached hydrogens (tertiary/aromatic N) is 2. The van der Waals surface area contributed by atoms with E-state index in [0.717, 1.165) is 31.7 Å². The van der Waals surface area contributed by atoms with Gasteiger partial charge in [0.15, 0.2) is 0 Å². The summed E-state index contributed by atoms with van der Waals surface area (Å²) in [6, 6.07) is 10.3. The minimum atomic E-state index is 0.180. The van der Waals surface area contributed by atoms with E-state index in [1.807, 2.05) is 35.2 Å². The van der Waals surface area contributed by atoms with Gasteiger partial charge in [-0.3, -0.25) is 9.69 Å². The van der Waals surface area contributed by atoms with Crippen LogP contribution in [0.3, 0.4) is 0 Å². The van der Waals surface area contributed by atoms with Crippen molar-refractivity contribution in [2.45, 2.75) is 6.04 Å². The van der Waals surface area contributed by atoms with Crippen molar-refractivity contribution < 1.29 is 4.79 Å². The quantitative estimate of drug-likeness (QED) is 0.833. The predicted molar refractivity (Wildman–Crippen MR) is 92.4 cm³/mol. The van der Waals surface area contributed by atoms with Crippen molar-refractivity contribution >= 4 is 29.4 Å². The molecule has 2 heterocycles. The Hall–Kier alpha value is -0.650. The topological polar surface area (TPSA) is 23.6 Å². The summed E-state index contributed by atoms with van der Waals surface area (Å²) in [5.74, 6) is 5.25. The fourth-order valence-electron chi connectivity index (χ4n) is 2.87. The average Bonchev–Trinajstić information content (AvgIpc) is 2.84. The van der Waals surface area contributed by atoms with E-state index in [-0.39, 0.29) is 5.91 Å². The highest BCUT2D eigenvalue weighted by Gasteiger charge is 2.27. The number of benzene rings is 1. The number of thioether (sulfide) groups is 2. The lowest BCUT2D eigenvalue weighted by molar-refractivity contribution is 0.0601. The lowest BCUT2D eigenvalue weighted by Gasteiger charge is -2.38. The second-order valence-corrected chi connectivity index (χ2v) is 7.80. The van der Waals surface area contributed by atoms with Crippen molar-refractivity contribution in [3.05, 3.63) is 35.9 Å². The number of rotatable bonds is 2. The van der Waals surface area contributed by atoms with E-state index in [0.29, 0.717) is 6.04 Å². The van der Waals surface area contributed by atoms with Gasteiger partial charge < -0.3 is 4.90 Å². The zero-order valence-electron chi connectivity index (χ0n) is 12.2. The maximum atomic E-state index is 12.4. The van der Waals surface area contributed by atoms with Gasteiger partial charge in [0.1, 0.15) is 0 Å². The minimum absolute atomic E-state index is 0.180. The standard InChI is InChI=1S/C16H22N2OS2/c19-16(14-4-2-1-3-5-14)18-8-6-17(7-9-18)15-12-20-10-11-21-13-15/h1-5,15H,6-13H2. The summed E-state index contributed by atoms with van der Waals surface area (Å²) in [4.78, 5) is 17.0. The summed E-state index contributed by atoms with van der Waals surface area (Å²) in [5, 5.41) is 0. The van der Waals surface area contributed by atoms with E-state index in [2.05, 4.69) is 28.4 Å². The number of carbonyl (C=O) groups is 1. The largest absolute Gasteiger partial charge is 0.336 e. The molecule has 1 aromatic carbocycles. The summed E-state index contributed by atoms with van der Waals surface area (Å²) in [7, 11) is 0. The molecule has 0 radical (unpaired) electrons. The van der Waals surface area contributed by atoms with Crippen molar-refractivity contribution in [1.82, 2.24) is 9.80 Å². The summed E-state index contributed by atoms with van der Waals surface area (Å²) >= 11 is 4.16. The van der Waals surface area contributed by atoms with Crippen LogP contribution >= 0.6 is 23.5 Å². The van der Waals surface area contributed by atoms with E-state index in [1.54, 1.807) is 0 Å². The van der Waals surface area contributed by atoms with Gasteiger partial charge in [-0.1, -0.05) is 18.2 Å². The number of hydrogen-bond donors (Lipinski definition) is 0. The molecule has 2 saturated heterocycles. The average molecular weight is 322 g/mol. The van der Waals surface area contributed by atoms with E-state index in [9.17, 15) is 4.79 Å². The van der Waals surface area contributed by atoms with Crippen LogP contribution in [0.5, 0.6) is 0 Å². The maximum absolute atomic E-state index is 12.4. The molecule has 114 valence electrons. The van der Waals surface area contributed by atoms with Crippen molar-refractivity contribution in [3.8, 4) is 0 Å². The Morgan fingerprint density at radius 3 is 2.19 bits per heavy atom. The van der Waals surface area contributed by atoms with Crippen molar-refractivity contribution in [1.29, 1.82) is 0 Å². The molecule has 5 heteroatoms. The number of hydrogen-bond acceptors (Lipinski definition) is 4. The molecule has 2 aliphatic rings. The van der Waals surface area contributed by atoms with Crippen LogP contribution in [-0.2, 0) is 0 Å². The predicted octanol–water partition coefficient (Wildman–Crippen LogP) is 2.29. The molecule has 0 saturated carbocycles. The highest BCUT2D eigenvalue weighted by atomic mass is 32.2. The molecule has 0 spiro atoms. The maximum Gasteiger partial charge on any atom is 0.253 e. The molecular formula is C16H22N2OS2. The molecule has 2 aliphatic heterocycles. The van der Waals surface area contributed by atoms with Gasteiger partial charge in [0, 0.05) is 60.8 Å². The molecule has 0 unspecified atom stereocenters. The van der Waals surface area contributed by atoms with Gasteiger partial charge in [0.25, 0.3) is 5.91 Å². The van der Waals surface area contributed by atoms with Crippen LogP contribution in [0, 0.1) is 0 Å². The Kier molecular flexibility index (Phi) is 5.49. The third-order valence-electron chi connectivity index (χ3n) is 4.13. The van der Waals surface area contributed by atoms with E-state index in [4.69, 9.17) is 0 Å². The first-order valence-electron chi connectivity index (χ1n) is 7.58. The van der Waals surface area contributed by atoms with Crippen LogP contribution < -0.4 is 0 Å². The van der Waals surface area contributed by atoms with Crippen LogP contribution in [0.25, 0.3) is 0 Å². The summed E-state index contributed by atoms with van der Waals surface area (Å²) in [5.41, 5.74) is 0.812. The van der Waals surface area contributed by atoms with E-state index >= 15 is 0 Å². The second kappa shape index (κ2) is 7.56. The molecular weight excluding hydrogens is 300 g/mol. The van der Waals surface area contributed by atoms with E-state index in [1.165, 1.54) is 23.0 Å². The lowest BCUT2D eigenvalue weighted by Crippen LogP contribution is -2.53. The molecule has 0 N–H and O–H groups in total. The molecule has 1 amide bonds. The molecule has 0 aliphatic carbocycles. The van der Waals surface area contributed by atoms with Gasteiger partial charge in [-0.2, -0.15) is 23.5 Å². The highest BCUT2D eigenvalue weighted by molar-refractivity contribution is 8.03. The number of carbonyl (C=O) groups excluding carboxylic acids is 1. The summed E-state index contributed by atoms with van der Waals surface area (Å²) < 4.78 is 0. The summed E-state index contributed by atoms with van der Waals surface area (Å²) in [6.07, 6.45) is 0. The molecule has 1 aromatic rings. The van der Waals surface area contributed by atoms with Gasteiger partial charge in [0.2, 0.25) is 0 Å². The zero-order valence-corrected chi connectivity index (χ0v) is 13.9. The van der Waals surface area contributed by atoms with Crippen molar-refractivity contribution in [2.75, 3.05) is 49.2 Å². The first-order valence-corrected chi connectivity index (χ1v) is 9.89. The molecule has 0 aromatic heterocycles. The smallest absolute Gasteiger partial charge is 0.253 e. The Balaban J connectivity index is 1.54. The van der Waals surface area contributed by atoms with Crippen LogP contribution in [0.1, 0.15) is 10.4 Å². The second-order valence-electron chi connectivity index (χ2n) is 5.50. The third-order valence-corrected chi connectivity index (χ3v) is 6.62. The fraction of sp³-hybridized carbons (Fsp3) is 0.562.